The van der Waals surface area contributed by atoms with Crippen molar-refractivity contribution in [1.82, 2.24) is 35.2 Å². The molecule has 3 aliphatic heterocycles. The van der Waals surface area contributed by atoms with Crippen LogP contribution in [0.15, 0.2) is 71.3 Å². The van der Waals surface area contributed by atoms with E-state index >= 15 is 0 Å². The highest BCUT2D eigenvalue weighted by atomic mass is 16.5. The van der Waals surface area contributed by atoms with Gasteiger partial charge in [0, 0.05) is 67.2 Å². The van der Waals surface area contributed by atoms with Crippen molar-refractivity contribution in [3.63, 3.8) is 0 Å². The number of carbonyl (C=O) groups is 2. The van der Waals surface area contributed by atoms with Crippen LogP contribution in [-0.4, -0.2) is 98.9 Å². The summed E-state index contributed by atoms with van der Waals surface area (Å²) in [5, 5.41) is 19.8. The van der Waals surface area contributed by atoms with Crippen LogP contribution in [0.25, 0.3) is 39.2 Å². The molecular weight excluding hydrogens is 658 g/mol. The smallest absolute Gasteiger partial charge is 0.315 e. The number of amides is 2. The number of aromatic amines is 1. The Hall–Kier alpha value is -5.56. The summed E-state index contributed by atoms with van der Waals surface area (Å²) < 4.78 is 11.4. The molecule has 3 aromatic heterocycles. The minimum absolute atomic E-state index is 0.0424. The molecule has 0 unspecified atom stereocenters. The minimum Gasteiger partial charge on any atom is -0.475 e. The Morgan fingerprint density at radius 2 is 1.83 bits per heavy atom. The number of benzene rings is 2. The Morgan fingerprint density at radius 1 is 1.02 bits per heavy atom. The van der Waals surface area contributed by atoms with Gasteiger partial charge in [-0.2, -0.15) is 5.10 Å². The van der Waals surface area contributed by atoms with Gasteiger partial charge in [0.25, 0.3) is 0 Å². The lowest BCUT2D eigenvalue weighted by Crippen LogP contribution is -2.43. The molecule has 0 bridgehead atoms. The Labute approximate surface area is 302 Å². The predicted molar refractivity (Wildman–Crippen MR) is 199 cm³/mol. The van der Waals surface area contributed by atoms with Gasteiger partial charge in [0.15, 0.2) is 0 Å². The zero-order chi connectivity index (χ0) is 35.8. The van der Waals surface area contributed by atoms with Crippen LogP contribution in [-0.2, 0) is 9.59 Å². The molecule has 268 valence electrons. The van der Waals surface area contributed by atoms with Crippen LogP contribution in [0.5, 0.6) is 5.88 Å². The number of hydrogen-bond donors (Lipinski definition) is 2. The van der Waals surface area contributed by atoms with E-state index in [0.29, 0.717) is 57.1 Å². The SMILES string of the molecule is CCNc1nnc(-c2ccc(C3=CCN(C(=O)CN4CC[C@]5(CCN(c6ccc7[nH]nc(-c8ccc(OC(C)C)nc8)c7c6)C5=O)C4)CC3)cc2)o1. The quantitative estimate of drug-likeness (QED) is 0.188. The van der Waals surface area contributed by atoms with Crippen molar-refractivity contribution < 1.29 is 18.7 Å². The molecule has 8 rings (SSSR count). The van der Waals surface area contributed by atoms with Crippen LogP contribution < -0.4 is 15.0 Å². The van der Waals surface area contributed by atoms with Crippen LogP contribution in [0.2, 0.25) is 0 Å². The Morgan fingerprint density at radius 3 is 2.58 bits per heavy atom. The van der Waals surface area contributed by atoms with Gasteiger partial charge in [-0.3, -0.25) is 19.6 Å². The number of ether oxygens (including phenoxy) is 1. The fourth-order valence-corrected chi connectivity index (χ4v) is 7.60. The summed E-state index contributed by atoms with van der Waals surface area (Å²) >= 11 is 0. The second-order valence-corrected chi connectivity index (χ2v) is 14.1. The Bertz CT molecular complexity index is 2120. The monoisotopic (exact) mass is 701 g/mol. The van der Waals surface area contributed by atoms with Gasteiger partial charge >= 0.3 is 6.01 Å². The molecule has 2 fully saturated rings. The highest BCUT2D eigenvalue weighted by molar-refractivity contribution is 6.03. The lowest BCUT2D eigenvalue weighted by Gasteiger charge is -2.29. The molecule has 2 amide bonds. The average molecular weight is 702 g/mol. The third-order valence-electron chi connectivity index (χ3n) is 10.3. The number of aromatic nitrogens is 5. The molecule has 2 N–H and O–H groups in total. The molecule has 1 atom stereocenters. The summed E-state index contributed by atoms with van der Waals surface area (Å²) in [4.78, 5) is 37.9. The fourth-order valence-electron chi connectivity index (χ4n) is 7.60. The number of anilines is 2. The van der Waals surface area contributed by atoms with Crippen molar-refractivity contribution in [2.24, 2.45) is 5.41 Å². The van der Waals surface area contributed by atoms with Gasteiger partial charge in [-0.15, -0.1) is 5.10 Å². The lowest BCUT2D eigenvalue weighted by molar-refractivity contribution is -0.132. The van der Waals surface area contributed by atoms with E-state index in [2.05, 4.69) is 53.8 Å². The van der Waals surface area contributed by atoms with Gasteiger partial charge in [-0.1, -0.05) is 23.3 Å². The zero-order valence-corrected chi connectivity index (χ0v) is 29.8. The summed E-state index contributed by atoms with van der Waals surface area (Å²) in [5.74, 6) is 1.29. The van der Waals surface area contributed by atoms with Gasteiger partial charge in [0.1, 0.15) is 5.69 Å². The minimum atomic E-state index is -0.471. The fraction of sp³-hybridized carbons (Fsp3) is 0.385. The number of fused-ring (bicyclic) bond motifs is 1. The summed E-state index contributed by atoms with van der Waals surface area (Å²) in [7, 11) is 0. The predicted octanol–water partition coefficient (Wildman–Crippen LogP) is 5.64. The molecule has 3 aliphatic rings. The zero-order valence-electron chi connectivity index (χ0n) is 29.8. The lowest BCUT2D eigenvalue weighted by atomic mass is 9.85. The molecule has 2 saturated heterocycles. The summed E-state index contributed by atoms with van der Waals surface area (Å²) in [6, 6.07) is 18.3. The maximum atomic E-state index is 14.1. The molecule has 13 heteroatoms. The maximum Gasteiger partial charge on any atom is 0.315 e. The van der Waals surface area contributed by atoms with E-state index in [-0.39, 0.29) is 17.9 Å². The van der Waals surface area contributed by atoms with E-state index in [1.807, 2.05) is 73.0 Å². The first-order valence-electron chi connectivity index (χ1n) is 18.1. The normalized spacial score (nSPS) is 19.3. The summed E-state index contributed by atoms with van der Waals surface area (Å²) in [6.45, 7) is 10.2. The van der Waals surface area contributed by atoms with E-state index < -0.39 is 5.41 Å². The third-order valence-corrected chi connectivity index (χ3v) is 10.3. The van der Waals surface area contributed by atoms with Crippen molar-refractivity contribution in [3.05, 3.63) is 72.4 Å². The number of rotatable bonds is 10. The van der Waals surface area contributed by atoms with Crippen molar-refractivity contribution in [3.8, 4) is 28.6 Å². The second-order valence-electron chi connectivity index (χ2n) is 14.1. The molecule has 52 heavy (non-hydrogen) atoms. The Kier molecular flexibility index (Phi) is 8.96. The highest BCUT2D eigenvalue weighted by Crippen LogP contribution is 2.43. The van der Waals surface area contributed by atoms with Gasteiger partial charge in [-0.25, -0.2) is 4.98 Å². The van der Waals surface area contributed by atoms with Gasteiger partial charge in [-0.05, 0) is 94.1 Å². The number of carbonyl (C=O) groups excluding carboxylic acids is 2. The van der Waals surface area contributed by atoms with Crippen LogP contribution in [0.4, 0.5) is 11.7 Å². The number of nitrogens with one attached hydrogen (secondary N) is 2. The van der Waals surface area contributed by atoms with Crippen molar-refractivity contribution in [2.45, 2.75) is 46.1 Å². The molecule has 6 heterocycles. The number of hydrogen-bond acceptors (Lipinski definition) is 10. The van der Waals surface area contributed by atoms with Crippen molar-refractivity contribution in [1.29, 1.82) is 0 Å². The first kappa shape index (κ1) is 33.6. The molecule has 1 spiro atoms. The summed E-state index contributed by atoms with van der Waals surface area (Å²) in [5.41, 5.74) is 6.14. The summed E-state index contributed by atoms with van der Waals surface area (Å²) in [6.07, 6.45) is 6.26. The van der Waals surface area contributed by atoms with Crippen LogP contribution >= 0.6 is 0 Å². The van der Waals surface area contributed by atoms with Gasteiger partial charge < -0.3 is 24.3 Å². The molecule has 0 aliphatic carbocycles. The van der Waals surface area contributed by atoms with E-state index in [1.54, 1.807) is 6.20 Å². The molecule has 5 aromatic rings. The number of H-pyrrole nitrogens is 1. The Balaban J connectivity index is 0.876. The molecule has 13 nitrogen and oxygen atoms in total. The van der Waals surface area contributed by atoms with Crippen LogP contribution in [0, 0.1) is 5.41 Å². The number of likely N-dealkylation sites (tertiary alicyclic amines) is 1. The first-order valence-corrected chi connectivity index (χ1v) is 18.1. The standard InChI is InChI=1S/C39H43N9O4/c1-4-40-38-45-44-36(52-38)28-7-5-26(6-8-28)27-13-17-47(18-14-27)34(49)23-46-19-15-39(24-46)16-20-48(37(39)50)30-10-11-32-31(21-30)35(43-42-32)29-9-12-33(41-22-29)51-25(2)3/h5-13,21-22,25H,4,14-20,23-24H2,1-3H3,(H,40,45)(H,42,43)/t39-/m0/s1. The van der Waals surface area contributed by atoms with Gasteiger partial charge in [0.05, 0.1) is 23.6 Å². The van der Waals surface area contributed by atoms with Crippen molar-refractivity contribution >= 4 is 40.0 Å². The number of nitrogens with zero attached hydrogens (tertiary/aromatic N) is 7. The highest BCUT2D eigenvalue weighted by Gasteiger charge is 2.51. The second kappa shape index (κ2) is 13.9. The van der Waals surface area contributed by atoms with Crippen LogP contribution in [0.3, 0.4) is 0 Å². The van der Waals surface area contributed by atoms with E-state index in [4.69, 9.17) is 9.15 Å². The molecule has 0 saturated carbocycles. The largest absolute Gasteiger partial charge is 0.475 e. The average Bonchev–Trinajstić information content (AvgIpc) is 3.96. The van der Waals surface area contributed by atoms with Crippen LogP contribution in [0.1, 0.15) is 45.6 Å². The van der Waals surface area contributed by atoms with E-state index in [0.717, 1.165) is 64.8 Å². The van der Waals surface area contributed by atoms with E-state index in [1.165, 1.54) is 5.57 Å². The van der Waals surface area contributed by atoms with E-state index in [9.17, 15) is 9.59 Å². The first-order chi connectivity index (χ1) is 25.3. The molecular formula is C39H43N9O4. The third kappa shape index (κ3) is 6.52. The maximum absolute atomic E-state index is 14.1. The van der Waals surface area contributed by atoms with Crippen molar-refractivity contribution in [2.75, 3.05) is 56.0 Å². The number of pyridine rings is 1. The van der Waals surface area contributed by atoms with Gasteiger partial charge in [0.2, 0.25) is 23.6 Å². The topological polar surface area (TPSA) is 146 Å². The molecule has 0 radical (unpaired) electrons. The molecule has 2 aromatic carbocycles.